The zero-order valence-electron chi connectivity index (χ0n) is 11.8. The Kier molecular flexibility index (Phi) is 4.72. The minimum absolute atomic E-state index is 0.0355. The Morgan fingerprint density at radius 2 is 2.30 bits per heavy atom. The van der Waals surface area contributed by atoms with Crippen LogP contribution in [-0.4, -0.2) is 65.1 Å². The van der Waals surface area contributed by atoms with E-state index >= 15 is 0 Å². The summed E-state index contributed by atoms with van der Waals surface area (Å²) in [5.74, 6) is 5.28. The van der Waals surface area contributed by atoms with E-state index in [1.807, 2.05) is 4.90 Å². The number of amides is 1. The summed E-state index contributed by atoms with van der Waals surface area (Å²) in [5, 5.41) is 8.63. The minimum Gasteiger partial charge on any atom is -0.384 e. The van der Waals surface area contributed by atoms with Gasteiger partial charge in [-0.3, -0.25) is 4.79 Å². The monoisotopic (exact) mass is 273 g/mol. The molecule has 2 heterocycles. The van der Waals surface area contributed by atoms with Crippen molar-refractivity contribution in [2.45, 2.75) is 13.0 Å². The lowest BCUT2D eigenvalue weighted by molar-refractivity contribution is 0.0567. The van der Waals surface area contributed by atoms with Gasteiger partial charge in [-0.25, -0.2) is 4.98 Å². The smallest absolute Gasteiger partial charge is 0.272 e. The molecule has 1 aromatic heterocycles. The lowest BCUT2D eigenvalue weighted by Crippen LogP contribution is -2.52. The number of rotatable bonds is 1. The SMILES string of the molecule is CC1CN(C(=O)c2ccc(C#CCO)cn2)CCN1C. The molecule has 0 spiro atoms. The van der Waals surface area contributed by atoms with Gasteiger partial charge >= 0.3 is 0 Å². The summed E-state index contributed by atoms with van der Waals surface area (Å²) in [6.45, 7) is 4.27. The van der Waals surface area contributed by atoms with Crippen LogP contribution < -0.4 is 0 Å². The fourth-order valence-electron chi connectivity index (χ4n) is 2.13. The van der Waals surface area contributed by atoms with E-state index < -0.39 is 0 Å². The maximum atomic E-state index is 12.3. The van der Waals surface area contributed by atoms with Crippen molar-refractivity contribution in [2.24, 2.45) is 0 Å². The minimum atomic E-state index is -0.181. The van der Waals surface area contributed by atoms with Crippen LogP contribution in [0.15, 0.2) is 18.3 Å². The van der Waals surface area contributed by atoms with E-state index in [9.17, 15) is 4.79 Å². The van der Waals surface area contributed by atoms with E-state index in [0.29, 0.717) is 17.3 Å². The van der Waals surface area contributed by atoms with Crippen LogP contribution in [0.25, 0.3) is 0 Å². The number of carbonyl (C=O) groups is 1. The Bertz CT molecular complexity index is 530. The van der Waals surface area contributed by atoms with E-state index in [0.717, 1.165) is 19.6 Å². The summed E-state index contributed by atoms with van der Waals surface area (Å²) >= 11 is 0. The Balaban J connectivity index is 2.06. The molecule has 1 amide bonds. The second-order valence-electron chi connectivity index (χ2n) is 4.97. The molecular formula is C15H19N3O2. The molecule has 1 aromatic rings. The highest BCUT2D eigenvalue weighted by Gasteiger charge is 2.25. The lowest BCUT2D eigenvalue weighted by Gasteiger charge is -2.37. The van der Waals surface area contributed by atoms with Gasteiger partial charge < -0.3 is 14.9 Å². The maximum absolute atomic E-state index is 12.3. The maximum Gasteiger partial charge on any atom is 0.272 e. The number of pyridine rings is 1. The summed E-state index contributed by atoms with van der Waals surface area (Å²) in [6.07, 6.45) is 1.56. The molecule has 1 unspecified atom stereocenters. The van der Waals surface area contributed by atoms with Crippen molar-refractivity contribution < 1.29 is 9.90 Å². The first-order valence-corrected chi connectivity index (χ1v) is 6.67. The Morgan fingerprint density at radius 1 is 1.50 bits per heavy atom. The molecule has 1 N–H and O–H groups in total. The molecule has 106 valence electrons. The second kappa shape index (κ2) is 6.51. The quantitative estimate of drug-likeness (QED) is 0.743. The fourth-order valence-corrected chi connectivity index (χ4v) is 2.13. The average molecular weight is 273 g/mol. The summed E-state index contributed by atoms with van der Waals surface area (Å²) in [6, 6.07) is 3.80. The second-order valence-corrected chi connectivity index (χ2v) is 4.97. The van der Waals surface area contributed by atoms with E-state index in [2.05, 4.69) is 35.7 Å². The molecule has 1 saturated heterocycles. The number of likely N-dealkylation sites (N-methyl/N-ethyl adjacent to an activating group) is 1. The molecule has 20 heavy (non-hydrogen) atoms. The molecule has 0 aromatic carbocycles. The summed E-state index contributed by atoms with van der Waals surface area (Å²) in [5.41, 5.74) is 1.14. The van der Waals surface area contributed by atoms with Gasteiger partial charge in [0.15, 0.2) is 0 Å². The number of piperazine rings is 1. The van der Waals surface area contributed by atoms with Crippen LogP contribution in [0.5, 0.6) is 0 Å². The highest BCUT2D eigenvalue weighted by atomic mass is 16.2. The van der Waals surface area contributed by atoms with Crippen LogP contribution in [-0.2, 0) is 0 Å². The Hall–Kier alpha value is -1.90. The van der Waals surface area contributed by atoms with Crippen LogP contribution in [0, 0.1) is 11.8 Å². The summed E-state index contributed by atoms with van der Waals surface area (Å²) < 4.78 is 0. The third kappa shape index (κ3) is 3.35. The first-order chi connectivity index (χ1) is 9.61. The predicted molar refractivity (Wildman–Crippen MR) is 76.2 cm³/mol. The number of carbonyl (C=O) groups excluding carboxylic acids is 1. The number of aromatic nitrogens is 1. The van der Waals surface area contributed by atoms with Crippen LogP contribution in [0.1, 0.15) is 23.0 Å². The molecule has 0 saturated carbocycles. The van der Waals surface area contributed by atoms with Gasteiger partial charge in [-0.15, -0.1) is 0 Å². The highest BCUT2D eigenvalue weighted by molar-refractivity contribution is 5.92. The van der Waals surface area contributed by atoms with Crippen LogP contribution in [0.3, 0.4) is 0 Å². The average Bonchev–Trinajstić information content (AvgIpc) is 2.48. The molecule has 1 fully saturated rings. The third-order valence-corrected chi connectivity index (χ3v) is 3.54. The summed E-state index contributed by atoms with van der Waals surface area (Å²) in [7, 11) is 2.07. The van der Waals surface area contributed by atoms with E-state index in [1.54, 1.807) is 18.3 Å². The molecular weight excluding hydrogens is 254 g/mol. The molecule has 1 aliphatic rings. The molecule has 1 atom stereocenters. The molecule has 5 heteroatoms. The van der Waals surface area contributed by atoms with Crippen molar-refractivity contribution in [2.75, 3.05) is 33.3 Å². The van der Waals surface area contributed by atoms with Gasteiger partial charge in [0.2, 0.25) is 0 Å². The zero-order valence-corrected chi connectivity index (χ0v) is 11.8. The van der Waals surface area contributed by atoms with Crippen LogP contribution in [0.4, 0.5) is 0 Å². The van der Waals surface area contributed by atoms with Crippen molar-refractivity contribution in [1.29, 1.82) is 0 Å². The first-order valence-electron chi connectivity index (χ1n) is 6.67. The van der Waals surface area contributed by atoms with E-state index in [1.165, 1.54) is 0 Å². The standard InChI is InChI=1S/C15H19N3O2/c1-12-11-18(8-7-17(12)2)15(20)14-6-5-13(10-16-14)4-3-9-19/h5-6,10,12,19H,7-9,11H2,1-2H3. The zero-order chi connectivity index (χ0) is 14.5. The lowest BCUT2D eigenvalue weighted by atomic mass is 10.2. The van der Waals surface area contributed by atoms with Gasteiger partial charge in [0, 0.05) is 37.4 Å². The van der Waals surface area contributed by atoms with Crippen molar-refractivity contribution in [1.82, 2.24) is 14.8 Å². The molecule has 0 aliphatic carbocycles. The largest absolute Gasteiger partial charge is 0.384 e. The van der Waals surface area contributed by atoms with Gasteiger partial charge in [0.1, 0.15) is 12.3 Å². The number of hydrogen-bond donors (Lipinski definition) is 1. The number of nitrogens with zero attached hydrogens (tertiary/aromatic N) is 3. The highest BCUT2D eigenvalue weighted by Crippen LogP contribution is 2.10. The number of hydrogen-bond acceptors (Lipinski definition) is 4. The van der Waals surface area contributed by atoms with E-state index in [-0.39, 0.29) is 12.5 Å². The van der Waals surface area contributed by atoms with E-state index in [4.69, 9.17) is 5.11 Å². The van der Waals surface area contributed by atoms with Crippen molar-refractivity contribution in [3.63, 3.8) is 0 Å². The Labute approximate surface area is 119 Å². The van der Waals surface area contributed by atoms with Gasteiger partial charge in [-0.05, 0) is 26.1 Å². The molecule has 0 bridgehead atoms. The molecule has 2 rings (SSSR count). The summed E-state index contributed by atoms with van der Waals surface area (Å²) in [4.78, 5) is 20.6. The van der Waals surface area contributed by atoms with Crippen molar-refractivity contribution >= 4 is 5.91 Å². The molecule has 0 radical (unpaired) electrons. The first kappa shape index (κ1) is 14.5. The van der Waals surface area contributed by atoms with Gasteiger partial charge in [0.25, 0.3) is 5.91 Å². The van der Waals surface area contributed by atoms with Crippen LogP contribution >= 0.6 is 0 Å². The van der Waals surface area contributed by atoms with Crippen molar-refractivity contribution in [3.8, 4) is 11.8 Å². The van der Waals surface area contributed by atoms with Gasteiger partial charge in [-0.1, -0.05) is 11.8 Å². The topological polar surface area (TPSA) is 56.7 Å². The van der Waals surface area contributed by atoms with Gasteiger partial charge in [0.05, 0.1) is 0 Å². The predicted octanol–water partition coefficient (Wildman–Crippen LogP) is 0.202. The van der Waals surface area contributed by atoms with Crippen LogP contribution in [0.2, 0.25) is 0 Å². The third-order valence-electron chi connectivity index (χ3n) is 3.54. The number of aliphatic hydroxyl groups excluding tert-OH is 1. The molecule has 1 aliphatic heterocycles. The Morgan fingerprint density at radius 3 is 2.90 bits per heavy atom. The normalized spacial score (nSPS) is 19.4. The van der Waals surface area contributed by atoms with Crippen molar-refractivity contribution in [3.05, 3.63) is 29.6 Å². The fraction of sp³-hybridized carbons (Fsp3) is 0.467. The molecule has 5 nitrogen and oxygen atoms in total. The van der Waals surface area contributed by atoms with Gasteiger partial charge in [-0.2, -0.15) is 0 Å². The number of aliphatic hydroxyl groups is 1.